The van der Waals surface area contributed by atoms with Crippen molar-refractivity contribution in [3.63, 3.8) is 0 Å². The Hall–Kier alpha value is 0.0700. The first-order chi connectivity index (χ1) is 8.15. The molecule has 0 saturated carbocycles. The highest BCUT2D eigenvalue weighted by molar-refractivity contribution is 7.98. The molecular weight excluding hydrogens is 268 g/mol. The molecule has 2 N–H and O–H groups in total. The van der Waals surface area contributed by atoms with E-state index in [1.165, 1.54) is 5.75 Å². The van der Waals surface area contributed by atoms with Gasteiger partial charge in [0.1, 0.15) is 0 Å². The molecule has 1 fully saturated rings. The number of nitrogens with zero attached hydrogens (tertiary/aromatic N) is 1. The van der Waals surface area contributed by atoms with E-state index in [4.69, 9.17) is 5.73 Å². The molecule has 108 valence electrons. The Bertz CT molecular complexity index is 231. The normalized spacial score (nSPS) is 18.3. The van der Waals surface area contributed by atoms with E-state index in [2.05, 4.69) is 13.2 Å². The fraction of sp³-hybridized carbons (Fsp3) is 0.923. The average Bonchev–Trinajstić information content (AvgIpc) is 2.34. The SMILES string of the molecule is CSCCCCC(=O)N1CCC(C(C)N)CC1.Cl. The fourth-order valence-corrected chi connectivity index (χ4v) is 2.85. The third kappa shape index (κ3) is 6.30. The van der Waals surface area contributed by atoms with E-state index in [1.807, 2.05) is 16.7 Å². The number of amides is 1. The number of thioether (sulfide) groups is 1. The van der Waals surface area contributed by atoms with E-state index in [9.17, 15) is 4.79 Å². The summed E-state index contributed by atoms with van der Waals surface area (Å²) < 4.78 is 0. The van der Waals surface area contributed by atoms with Gasteiger partial charge in [0.15, 0.2) is 0 Å². The number of hydrogen-bond donors (Lipinski definition) is 1. The lowest BCUT2D eigenvalue weighted by molar-refractivity contribution is -0.132. The monoisotopic (exact) mass is 294 g/mol. The molecule has 0 aromatic heterocycles. The predicted octanol–water partition coefficient (Wildman–Crippen LogP) is 2.53. The van der Waals surface area contributed by atoms with Crippen LogP contribution in [0.25, 0.3) is 0 Å². The minimum absolute atomic E-state index is 0. The molecule has 0 radical (unpaired) electrons. The van der Waals surface area contributed by atoms with E-state index in [1.54, 1.807) is 0 Å². The molecule has 18 heavy (non-hydrogen) atoms. The first-order valence-corrected chi connectivity index (χ1v) is 8.07. The Labute approximate surface area is 122 Å². The van der Waals surface area contributed by atoms with E-state index in [-0.39, 0.29) is 18.4 Å². The quantitative estimate of drug-likeness (QED) is 0.766. The Balaban J connectivity index is 0.00000289. The van der Waals surface area contributed by atoms with Crippen LogP contribution < -0.4 is 5.73 Å². The Morgan fingerprint density at radius 2 is 2.00 bits per heavy atom. The maximum atomic E-state index is 11.9. The van der Waals surface area contributed by atoms with Gasteiger partial charge in [-0.1, -0.05) is 0 Å². The van der Waals surface area contributed by atoms with Crippen LogP contribution in [0.1, 0.15) is 39.0 Å². The van der Waals surface area contributed by atoms with Gasteiger partial charge in [-0.15, -0.1) is 12.4 Å². The molecule has 1 atom stereocenters. The van der Waals surface area contributed by atoms with Crippen LogP contribution in [0.4, 0.5) is 0 Å². The summed E-state index contributed by atoms with van der Waals surface area (Å²) in [5, 5.41) is 0. The largest absolute Gasteiger partial charge is 0.343 e. The number of halogens is 1. The Kier molecular flexibility index (Phi) is 9.97. The van der Waals surface area contributed by atoms with Crippen molar-refractivity contribution in [1.29, 1.82) is 0 Å². The molecule has 3 nitrogen and oxygen atoms in total. The minimum atomic E-state index is 0. The number of unbranched alkanes of at least 4 members (excludes halogenated alkanes) is 1. The van der Waals surface area contributed by atoms with Gasteiger partial charge in [0.05, 0.1) is 0 Å². The van der Waals surface area contributed by atoms with Gasteiger partial charge in [0.2, 0.25) is 5.91 Å². The summed E-state index contributed by atoms with van der Waals surface area (Å²) >= 11 is 1.85. The predicted molar refractivity (Wildman–Crippen MR) is 82.4 cm³/mol. The fourth-order valence-electron chi connectivity index (χ4n) is 2.36. The van der Waals surface area contributed by atoms with E-state index in [0.717, 1.165) is 45.2 Å². The summed E-state index contributed by atoms with van der Waals surface area (Å²) in [6.45, 7) is 3.89. The molecule has 1 heterocycles. The lowest BCUT2D eigenvalue weighted by Gasteiger charge is -2.33. The van der Waals surface area contributed by atoms with Gasteiger partial charge in [-0.2, -0.15) is 11.8 Å². The van der Waals surface area contributed by atoms with E-state index >= 15 is 0 Å². The van der Waals surface area contributed by atoms with Crippen molar-refractivity contribution >= 4 is 30.1 Å². The van der Waals surface area contributed by atoms with Gasteiger partial charge in [0, 0.05) is 25.6 Å². The Morgan fingerprint density at radius 1 is 1.39 bits per heavy atom. The number of hydrogen-bond acceptors (Lipinski definition) is 3. The van der Waals surface area contributed by atoms with Crippen molar-refractivity contribution in [2.75, 3.05) is 25.1 Å². The first kappa shape index (κ1) is 18.1. The smallest absolute Gasteiger partial charge is 0.222 e. The molecule has 1 aliphatic rings. The lowest BCUT2D eigenvalue weighted by Crippen LogP contribution is -2.42. The number of piperidine rings is 1. The first-order valence-electron chi connectivity index (χ1n) is 6.67. The van der Waals surface area contributed by atoms with Gasteiger partial charge in [-0.25, -0.2) is 0 Å². The topological polar surface area (TPSA) is 46.3 Å². The highest BCUT2D eigenvalue weighted by atomic mass is 35.5. The van der Waals surface area contributed by atoms with E-state index < -0.39 is 0 Å². The van der Waals surface area contributed by atoms with Gasteiger partial charge in [-0.05, 0) is 50.5 Å². The van der Waals surface area contributed by atoms with Crippen LogP contribution in [-0.4, -0.2) is 41.9 Å². The van der Waals surface area contributed by atoms with Crippen LogP contribution >= 0.6 is 24.2 Å². The molecule has 5 heteroatoms. The standard InChI is InChI=1S/C13H26N2OS.ClH/c1-11(14)12-6-8-15(9-7-12)13(16)5-3-4-10-17-2;/h11-12H,3-10,14H2,1-2H3;1H. The summed E-state index contributed by atoms with van der Waals surface area (Å²) in [5.74, 6) is 2.12. The third-order valence-electron chi connectivity index (χ3n) is 3.62. The Morgan fingerprint density at radius 3 is 2.50 bits per heavy atom. The van der Waals surface area contributed by atoms with Gasteiger partial charge >= 0.3 is 0 Å². The summed E-state index contributed by atoms with van der Waals surface area (Å²) in [6, 6.07) is 0.272. The molecular formula is C13H27ClN2OS. The average molecular weight is 295 g/mol. The minimum Gasteiger partial charge on any atom is -0.343 e. The van der Waals surface area contributed by atoms with Crippen molar-refractivity contribution < 1.29 is 4.79 Å². The summed E-state index contributed by atoms with van der Waals surface area (Å²) in [4.78, 5) is 14.0. The molecule has 0 bridgehead atoms. The van der Waals surface area contributed by atoms with Crippen LogP contribution in [0, 0.1) is 5.92 Å². The number of rotatable bonds is 6. The van der Waals surface area contributed by atoms with E-state index in [0.29, 0.717) is 11.8 Å². The molecule has 0 aliphatic carbocycles. The van der Waals surface area contributed by atoms with Gasteiger partial charge in [-0.3, -0.25) is 4.79 Å². The van der Waals surface area contributed by atoms with Crippen LogP contribution in [-0.2, 0) is 4.79 Å². The number of carbonyl (C=O) groups excluding carboxylic acids is 1. The second-order valence-corrected chi connectivity index (χ2v) is 6.01. The van der Waals surface area contributed by atoms with Crippen LogP contribution in [0.2, 0.25) is 0 Å². The second kappa shape index (κ2) is 9.93. The van der Waals surface area contributed by atoms with Gasteiger partial charge in [0.25, 0.3) is 0 Å². The van der Waals surface area contributed by atoms with Crippen molar-refractivity contribution in [2.45, 2.75) is 45.1 Å². The number of likely N-dealkylation sites (tertiary alicyclic amines) is 1. The van der Waals surface area contributed by atoms with Crippen molar-refractivity contribution in [1.82, 2.24) is 4.90 Å². The highest BCUT2D eigenvalue weighted by Crippen LogP contribution is 2.20. The van der Waals surface area contributed by atoms with Crippen molar-refractivity contribution in [3.8, 4) is 0 Å². The maximum Gasteiger partial charge on any atom is 0.222 e. The molecule has 0 aromatic carbocycles. The van der Waals surface area contributed by atoms with Crippen LogP contribution in [0.3, 0.4) is 0 Å². The second-order valence-electron chi connectivity index (χ2n) is 5.03. The van der Waals surface area contributed by atoms with Gasteiger partial charge < -0.3 is 10.6 Å². The lowest BCUT2D eigenvalue weighted by atomic mass is 9.91. The zero-order valence-electron chi connectivity index (χ0n) is 11.6. The maximum absolute atomic E-state index is 11.9. The zero-order chi connectivity index (χ0) is 12.7. The highest BCUT2D eigenvalue weighted by Gasteiger charge is 2.24. The molecule has 1 unspecified atom stereocenters. The molecule has 0 spiro atoms. The zero-order valence-corrected chi connectivity index (χ0v) is 13.2. The molecule has 1 saturated heterocycles. The number of carbonyl (C=O) groups is 1. The van der Waals surface area contributed by atoms with Crippen LogP contribution in [0.5, 0.6) is 0 Å². The van der Waals surface area contributed by atoms with Crippen LogP contribution in [0.15, 0.2) is 0 Å². The molecule has 1 rings (SSSR count). The summed E-state index contributed by atoms with van der Waals surface area (Å²) in [7, 11) is 0. The molecule has 1 amide bonds. The molecule has 1 aliphatic heterocycles. The number of nitrogens with two attached hydrogens (primary N) is 1. The van der Waals surface area contributed by atoms with Crippen molar-refractivity contribution in [3.05, 3.63) is 0 Å². The van der Waals surface area contributed by atoms with Crippen molar-refractivity contribution in [2.24, 2.45) is 11.7 Å². The molecule has 0 aromatic rings. The summed E-state index contributed by atoms with van der Waals surface area (Å²) in [5.41, 5.74) is 5.90. The third-order valence-corrected chi connectivity index (χ3v) is 4.32. The summed E-state index contributed by atoms with van der Waals surface area (Å²) in [6.07, 6.45) is 7.18.